The molecule has 0 fully saturated rings. The molecule has 0 aliphatic rings. The molecule has 0 saturated heterocycles. The maximum Gasteiger partial charge on any atom is 0.354 e. The third-order valence-corrected chi connectivity index (χ3v) is 1.66. The quantitative estimate of drug-likeness (QED) is 0.483. The SMILES string of the molecule is C=C(C(=O)OC)N(C)C(=O)CCC. The van der Waals surface area contributed by atoms with Crippen LogP contribution in [0, 0.1) is 0 Å². The third-order valence-electron chi connectivity index (χ3n) is 1.66. The van der Waals surface area contributed by atoms with Crippen molar-refractivity contribution in [2.75, 3.05) is 14.2 Å². The van der Waals surface area contributed by atoms with Crippen molar-refractivity contribution in [1.29, 1.82) is 0 Å². The van der Waals surface area contributed by atoms with Crippen LogP contribution in [-0.4, -0.2) is 30.9 Å². The first-order valence-corrected chi connectivity index (χ1v) is 4.08. The number of likely N-dealkylation sites (N-methyl/N-ethyl adjacent to an activating group) is 1. The number of hydrogen-bond acceptors (Lipinski definition) is 3. The van der Waals surface area contributed by atoms with E-state index in [-0.39, 0.29) is 11.6 Å². The molecule has 0 aromatic heterocycles. The van der Waals surface area contributed by atoms with Gasteiger partial charge < -0.3 is 9.64 Å². The topological polar surface area (TPSA) is 46.6 Å². The van der Waals surface area contributed by atoms with E-state index < -0.39 is 5.97 Å². The Bertz CT molecular complexity index is 223. The van der Waals surface area contributed by atoms with Gasteiger partial charge in [-0.3, -0.25) is 4.79 Å². The van der Waals surface area contributed by atoms with Gasteiger partial charge in [0.25, 0.3) is 0 Å². The minimum atomic E-state index is -0.577. The number of methoxy groups -OCH3 is 1. The van der Waals surface area contributed by atoms with E-state index in [1.807, 2.05) is 6.92 Å². The van der Waals surface area contributed by atoms with Gasteiger partial charge in [-0.05, 0) is 6.42 Å². The number of ether oxygens (including phenoxy) is 1. The highest BCUT2D eigenvalue weighted by Gasteiger charge is 2.16. The standard InChI is InChI=1S/C9H15NO3/c1-5-6-8(11)10(3)7(2)9(12)13-4/h2,5-6H2,1,3-4H3. The molecule has 0 N–H and O–H groups in total. The van der Waals surface area contributed by atoms with E-state index in [4.69, 9.17) is 0 Å². The Morgan fingerprint density at radius 3 is 2.38 bits per heavy atom. The molecule has 0 radical (unpaired) electrons. The Kier molecular flexibility index (Phi) is 4.80. The lowest BCUT2D eigenvalue weighted by molar-refractivity contribution is -0.141. The van der Waals surface area contributed by atoms with E-state index in [0.717, 1.165) is 6.42 Å². The first-order chi connectivity index (χ1) is 6.04. The van der Waals surface area contributed by atoms with Crippen molar-refractivity contribution >= 4 is 11.9 Å². The molecule has 0 aromatic carbocycles. The highest BCUT2D eigenvalue weighted by Crippen LogP contribution is 2.04. The molecule has 1 amide bonds. The smallest absolute Gasteiger partial charge is 0.354 e. The van der Waals surface area contributed by atoms with Gasteiger partial charge in [0.15, 0.2) is 0 Å². The van der Waals surface area contributed by atoms with Crippen LogP contribution in [0.15, 0.2) is 12.3 Å². The van der Waals surface area contributed by atoms with Crippen molar-refractivity contribution in [2.24, 2.45) is 0 Å². The predicted octanol–water partition coefficient (Wildman–Crippen LogP) is 0.932. The average Bonchev–Trinajstić information content (AvgIpc) is 2.14. The summed E-state index contributed by atoms with van der Waals surface area (Å²) in [6, 6.07) is 0. The summed E-state index contributed by atoms with van der Waals surface area (Å²) in [7, 11) is 2.77. The van der Waals surface area contributed by atoms with Crippen LogP contribution in [0.5, 0.6) is 0 Å². The fourth-order valence-electron chi connectivity index (χ4n) is 0.787. The Hall–Kier alpha value is -1.32. The lowest BCUT2D eigenvalue weighted by Gasteiger charge is -2.17. The van der Waals surface area contributed by atoms with Crippen molar-refractivity contribution in [3.63, 3.8) is 0 Å². The molecule has 4 heteroatoms. The fraction of sp³-hybridized carbons (Fsp3) is 0.556. The first-order valence-electron chi connectivity index (χ1n) is 4.08. The van der Waals surface area contributed by atoms with Gasteiger partial charge in [0.05, 0.1) is 7.11 Å². The number of carbonyl (C=O) groups is 2. The van der Waals surface area contributed by atoms with Crippen LogP contribution < -0.4 is 0 Å². The Labute approximate surface area is 78.2 Å². The number of hydrogen-bond donors (Lipinski definition) is 0. The molecule has 74 valence electrons. The largest absolute Gasteiger partial charge is 0.464 e. The van der Waals surface area contributed by atoms with Crippen LogP contribution in [0.25, 0.3) is 0 Å². The molecule has 0 aliphatic heterocycles. The second-order valence-corrected chi connectivity index (χ2v) is 2.64. The van der Waals surface area contributed by atoms with E-state index in [1.54, 1.807) is 0 Å². The van der Waals surface area contributed by atoms with E-state index in [1.165, 1.54) is 19.1 Å². The van der Waals surface area contributed by atoms with Crippen molar-refractivity contribution in [3.05, 3.63) is 12.3 Å². The summed E-state index contributed by atoms with van der Waals surface area (Å²) in [4.78, 5) is 23.4. The molecule has 4 nitrogen and oxygen atoms in total. The summed E-state index contributed by atoms with van der Waals surface area (Å²) < 4.78 is 4.43. The Morgan fingerprint density at radius 2 is 2.00 bits per heavy atom. The van der Waals surface area contributed by atoms with Crippen LogP contribution in [0.2, 0.25) is 0 Å². The van der Waals surface area contributed by atoms with Crippen molar-refractivity contribution in [2.45, 2.75) is 19.8 Å². The van der Waals surface area contributed by atoms with Crippen LogP contribution in [0.1, 0.15) is 19.8 Å². The molecule has 0 saturated carbocycles. The van der Waals surface area contributed by atoms with Gasteiger partial charge in [-0.15, -0.1) is 0 Å². The molecule has 0 bridgehead atoms. The van der Waals surface area contributed by atoms with Crippen LogP contribution in [0.3, 0.4) is 0 Å². The van der Waals surface area contributed by atoms with Gasteiger partial charge in [0.1, 0.15) is 5.70 Å². The van der Waals surface area contributed by atoms with E-state index >= 15 is 0 Å². The number of nitrogens with zero attached hydrogens (tertiary/aromatic N) is 1. The van der Waals surface area contributed by atoms with E-state index in [2.05, 4.69) is 11.3 Å². The van der Waals surface area contributed by atoms with Crippen LogP contribution in [-0.2, 0) is 14.3 Å². The maximum atomic E-state index is 11.3. The van der Waals surface area contributed by atoms with E-state index in [0.29, 0.717) is 6.42 Å². The molecule has 0 heterocycles. The third kappa shape index (κ3) is 3.27. The van der Waals surface area contributed by atoms with Crippen molar-refractivity contribution in [1.82, 2.24) is 4.90 Å². The summed E-state index contributed by atoms with van der Waals surface area (Å²) in [5, 5.41) is 0. The number of rotatable bonds is 4. The van der Waals surface area contributed by atoms with Crippen molar-refractivity contribution in [3.8, 4) is 0 Å². The molecular formula is C9H15NO3. The van der Waals surface area contributed by atoms with Gasteiger partial charge in [-0.25, -0.2) is 4.79 Å². The van der Waals surface area contributed by atoms with Gasteiger partial charge in [-0.1, -0.05) is 13.5 Å². The molecule has 0 rings (SSSR count). The molecule has 13 heavy (non-hydrogen) atoms. The van der Waals surface area contributed by atoms with Gasteiger partial charge >= 0.3 is 5.97 Å². The Morgan fingerprint density at radius 1 is 1.46 bits per heavy atom. The highest BCUT2D eigenvalue weighted by atomic mass is 16.5. The van der Waals surface area contributed by atoms with Gasteiger partial charge in [0, 0.05) is 13.5 Å². The lowest BCUT2D eigenvalue weighted by Crippen LogP contribution is -2.29. The van der Waals surface area contributed by atoms with Gasteiger partial charge in [-0.2, -0.15) is 0 Å². The zero-order valence-corrected chi connectivity index (χ0v) is 8.29. The maximum absolute atomic E-state index is 11.3. The van der Waals surface area contributed by atoms with Crippen LogP contribution in [0.4, 0.5) is 0 Å². The number of carbonyl (C=O) groups excluding carboxylic acids is 2. The zero-order valence-electron chi connectivity index (χ0n) is 8.29. The summed E-state index contributed by atoms with van der Waals surface area (Å²) >= 11 is 0. The van der Waals surface area contributed by atoms with Crippen molar-refractivity contribution < 1.29 is 14.3 Å². The summed E-state index contributed by atoms with van der Waals surface area (Å²) in [6.07, 6.45) is 1.16. The average molecular weight is 185 g/mol. The van der Waals surface area contributed by atoms with E-state index in [9.17, 15) is 9.59 Å². The summed E-state index contributed by atoms with van der Waals surface area (Å²) in [5.74, 6) is -0.704. The predicted molar refractivity (Wildman–Crippen MR) is 48.8 cm³/mol. The second-order valence-electron chi connectivity index (χ2n) is 2.64. The molecule has 0 aliphatic carbocycles. The van der Waals surface area contributed by atoms with Crippen LogP contribution >= 0.6 is 0 Å². The summed E-state index contributed by atoms with van der Waals surface area (Å²) in [6.45, 7) is 5.35. The second kappa shape index (κ2) is 5.35. The first kappa shape index (κ1) is 11.7. The zero-order chi connectivity index (χ0) is 10.4. The monoisotopic (exact) mass is 185 g/mol. The normalized spacial score (nSPS) is 9.15. The lowest BCUT2D eigenvalue weighted by atomic mass is 10.3. The number of amides is 1. The molecule has 0 atom stereocenters. The fourth-order valence-corrected chi connectivity index (χ4v) is 0.787. The molecule has 0 spiro atoms. The Balaban J connectivity index is 4.25. The minimum Gasteiger partial charge on any atom is -0.464 e. The van der Waals surface area contributed by atoms with Gasteiger partial charge in [0.2, 0.25) is 5.91 Å². The minimum absolute atomic E-state index is 0.0703. The molecule has 0 unspecified atom stereocenters. The number of esters is 1. The molecule has 0 aromatic rings. The molecular weight excluding hydrogens is 170 g/mol. The highest BCUT2D eigenvalue weighted by molar-refractivity contribution is 5.93. The summed E-state index contributed by atoms with van der Waals surface area (Å²) in [5.41, 5.74) is 0.0703.